The van der Waals surface area contributed by atoms with Crippen LogP contribution in [0.4, 0.5) is 0 Å². The minimum atomic E-state index is 0.306. The van der Waals surface area contributed by atoms with Gasteiger partial charge in [-0.2, -0.15) is 0 Å². The molecule has 0 aliphatic rings. The first-order valence-electron chi connectivity index (χ1n) is 7.08. The largest absolute Gasteiger partial charge is 0.444 e. The first kappa shape index (κ1) is 14.5. The Balaban J connectivity index is 1.67. The SMILES string of the molecule is CCc1cnc(CNC(Cc2cccs2)c2cccs2)o1. The summed E-state index contributed by atoms with van der Waals surface area (Å²) in [7, 11) is 0. The van der Waals surface area contributed by atoms with E-state index in [1.165, 1.54) is 9.75 Å². The Labute approximate surface area is 132 Å². The molecule has 3 nitrogen and oxygen atoms in total. The molecule has 0 bridgehead atoms. The lowest BCUT2D eigenvalue weighted by atomic mass is 10.1. The van der Waals surface area contributed by atoms with Gasteiger partial charge in [-0.25, -0.2) is 4.98 Å². The third-order valence-corrected chi connectivity index (χ3v) is 5.21. The van der Waals surface area contributed by atoms with Gasteiger partial charge in [0, 0.05) is 28.6 Å². The van der Waals surface area contributed by atoms with E-state index in [2.05, 4.69) is 52.3 Å². The standard InChI is InChI=1S/C16H18N2OS2/c1-2-12-10-18-16(19-12)11-17-14(15-6-4-8-21-15)9-13-5-3-7-20-13/h3-8,10,14,17H,2,9,11H2,1H3. The Morgan fingerprint density at radius 3 is 2.76 bits per heavy atom. The van der Waals surface area contributed by atoms with Gasteiger partial charge in [-0.1, -0.05) is 19.1 Å². The third kappa shape index (κ3) is 3.81. The van der Waals surface area contributed by atoms with E-state index in [1.54, 1.807) is 22.7 Å². The zero-order valence-electron chi connectivity index (χ0n) is 11.9. The van der Waals surface area contributed by atoms with Gasteiger partial charge in [-0.15, -0.1) is 22.7 Å². The fraction of sp³-hybridized carbons (Fsp3) is 0.312. The summed E-state index contributed by atoms with van der Waals surface area (Å²) >= 11 is 3.59. The summed E-state index contributed by atoms with van der Waals surface area (Å²) in [5, 5.41) is 7.83. The second-order valence-corrected chi connectivity index (χ2v) is 6.82. The smallest absolute Gasteiger partial charge is 0.208 e. The molecule has 0 aliphatic heterocycles. The van der Waals surface area contributed by atoms with E-state index in [0.29, 0.717) is 12.6 Å². The third-order valence-electron chi connectivity index (χ3n) is 3.32. The summed E-state index contributed by atoms with van der Waals surface area (Å²) in [5.74, 6) is 1.71. The number of thiophene rings is 2. The van der Waals surface area contributed by atoms with Crippen molar-refractivity contribution in [1.29, 1.82) is 0 Å². The number of nitrogens with one attached hydrogen (secondary N) is 1. The predicted molar refractivity (Wildman–Crippen MR) is 87.8 cm³/mol. The maximum Gasteiger partial charge on any atom is 0.208 e. The molecule has 0 fully saturated rings. The fourth-order valence-corrected chi connectivity index (χ4v) is 3.75. The molecule has 5 heteroatoms. The normalized spacial score (nSPS) is 12.6. The second kappa shape index (κ2) is 7.02. The summed E-state index contributed by atoms with van der Waals surface area (Å²) in [5.41, 5.74) is 0. The molecule has 0 saturated carbocycles. The van der Waals surface area contributed by atoms with Gasteiger partial charge >= 0.3 is 0 Å². The zero-order valence-corrected chi connectivity index (χ0v) is 13.5. The van der Waals surface area contributed by atoms with E-state index in [0.717, 1.165) is 24.5 Å². The van der Waals surface area contributed by atoms with Crippen LogP contribution in [0.5, 0.6) is 0 Å². The summed E-state index contributed by atoms with van der Waals surface area (Å²) < 4.78 is 5.67. The molecule has 3 rings (SSSR count). The second-order valence-electron chi connectivity index (χ2n) is 4.81. The van der Waals surface area contributed by atoms with Crippen LogP contribution in [-0.4, -0.2) is 4.98 Å². The number of hydrogen-bond acceptors (Lipinski definition) is 5. The average Bonchev–Trinajstić information content (AvgIpc) is 3.24. The van der Waals surface area contributed by atoms with Gasteiger partial charge in [0.1, 0.15) is 5.76 Å². The van der Waals surface area contributed by atoms with E-state index < -0.39 is 0 Å². The molecular formula is C16H18N2OS2. The van der Waals surface area contributed by atoms with Gasteiger partial charge in [-0.3, -0.25) is 0 Å². The van der Waals surface area contributed by atoms with E-state index in [4.69, 9.17) is 4.42 Å². The molecule has 1 N–H and O–H groups in total. The van der Waals surface area contributed by atoms with Crippen LogP contribution in [0.1, 0.15) is 34.4 Å². The number of oxazole rings is 1. The number of hydrogen-bond donors (Lipinski definition) is 1. The van der Waals surface area contributed by atoms with Crippen molar-refractivity contribution in [1.82, 2.24) is 10.3 Å². The summed E-state index contributed by atoms with van der Waals surface area (Å²) in [4.78, 5) is 7.06. The topological polar surface area (TPSA) is 38.1 Å². The van der Waals surface area contributed by atoms with E-state index >= 15 is 0 Å². The number of aryl methyl sites for hydroxylation is 1. The van der Waals surface area contributed by atoms with Crippen molar-refractivity contribution in [2.75, 3.05) is 0 Å². The first-order valence-corrected chi connectivity index (χ1v) is 8.84. The van der Waals surface area contributed by atoms with Gasteiger partial charge in [0.15, 0.2) is 0 Å². The lowest BCUT2D eigenvalue weighted by Gasteiger charge is -2.15. The highest BCUT2D eigenvalue weighted by Crippen LogP contribution is 2.25. The Morgan fingerprint density at radius 2 is 2.10 bits per heavy atom. The summed E-state index contributed by atoms with van der Waals surface area (Å²) in [6, 6.07) is 8.88. The molecular weight excluding hydrogens is 300 g/mol. The van der Waals surface area contributed by atoms with Gasteiger partial charge in [0.25, 0.3) is 0 Å². The maximum atomic E-state index is 5.67. The highest BCUT2D eigenvalue weighted by molar-refractivity contribution is 7.10. The van der Waals surface area contributed by atoms with Crippen LogP contribution in [0.3, 0.4) is 0 Å². The molecule has 3 heterocycles. The fourth-order valence-electron chi connectivity index (χ4n) is 2.20. The van der Waals surface area contributed by atoms with Crippen LogP contribution in [0.15, 0.2) is 45.6 Å². The van der Waals surface area contributed by atoms with E-state index in [9.17, 15) is 0 Å². The number of aromatic nitrogens is 1. The molecule has 0 amide bonds. The molecule has 3 aromatic heterocycles. The van der Waals surface area contributed by atoms with Crippen molar-refractivity contribution in [3.05, 3.63) is 62.6 Å². The molecule has 0 radical (unpaired) electrons. The van der Waals surface area contributed by atoms with Crippen LogP contribution in [-0.2, 0) is 19.4 Å². The first-order chi connectivity index (χ1) is 10.3. The van der Waals surface area contributed by atoms with Crippen LogP contribution in [0.2, 0.25) is 0 Å². The minimum Gasteiger partial charge on any atom is -0.444 e. The van der Waals surface area contributed by atoms with Crippen LogP contribution in [0, 0.1) is 0 Å². The number of nitrogens with zero attached hydrogens (tertiary/aromatic N) is 1. The van der Waals surface area contributed by atoms with E-state index in [1.807, 2.05) is 6.20 Å². The Kier molecular flexibility index (Phi) is 4.85. The lowest BCUT2D eigenvalue weighted by Crippen LogP contribution is -2.22. The lowest BCUT2D eigenvalue weighted by molar-refractivity contribution is 0.418. The average molecular weight is 318 g/mol. The Hall–Kier alpha value is -1.43. The van der Waals surface area contributed by atoms with E-state index in [-0.39, 0.29) is 0 Å². The van der Waals surface area contributed by atoms with Crippen molar-refractivity contribution in [2.24, 2.45) is 0 Å². The Morgan fingerprint density at radius 1 is 1.24 bits per heavy atom. The van der Waals surface area contributed by atoms with Crippen molar-refractivity contribution in [3.8, 4) is 0 Å². The van der Waals surface area contributed by atoms with Crippen molar-refractivity contribution >= 4 is 22.7 Å². The molecule has 0 aromatic carbocycles. The monoisotopic (exact) mass is 318 g/mol. The maximum absolute atomic E-state index is 5.67. The molecule has 0 spiro atoms. The summed E-state index contributed by atoms with van der Waals surface area (Å²) in [6.07, 6.45) is 3.70. The van der Waals surface area contributed by atoms with Crippen molar-refractivity contribution in [3.63, 3.8) is 0 Å². The van der Waals surface area contributed by atoms with Crippen molar-refractivity contribution < 1.29 is 4.42 Å². The number of rotatable bonds is 7. The van der Waals surface area contributed by atoms with Crippen LogP contribution in [0.25, 0.3) is 0 Å². The predicted octanol–water partition coefficient (Wildman–Crippen LogP) is 4.43. The van der Waals surface area contributed by atoms with Gasteiger partial charge in [0.05, 0.1) is 12.7 Å². The molecule has 3 aromatic rings. The highest BCUT2D eigenvalue weighted by Gasteiger charge is 2.15. The molecule has 21 heavy (non-hydrogen) atoms. The van der Waals surface area contributed by atoms with Gasteiger partial charge in [-0.05, 0) is 22.9 Å². The zero-order chi connectivity index (χ0) is 14.5. The van der Waals surface area contributed by atoms with Crippen molar-refractivity contribution in [2.45, 2.75) is 32.4 Å². The van der Waals surface area contributed by atoms with Crippen LogP contribution >= 0.6 is 22.7 Å². The molecule has 110 valence electrons. The minimum absolute atomic E-state index is 0.306. The Bertz CT molecular complexity index is 644. The molecule has 1 atom stereocenters. The molecule has 0 saturated heterocycles. The molecule has 0 aliphatic carbocycles. The molecule has 1 unspecified atom stereocenters. The van der Waals surface area contributed by atoms with Crippen LogP contribution < -0.4 is 5.32 Å². The summed E-state index contributed by atoms with van der Waals surface area (Å²) in [6.45, 7) is 2.73. The quantitative estimate of drug-likeness (QED) is 0.700. The highest BCUT2D eigenvalue weighted by atomic mass is 32.1. The van der Waals surface area contributed by atoms with Gasteiger partial charge < -0.3 is 9.73 Å². The van der Waals surface area contributed by atoms with Gasteiger partial charge in [0.2, 0.25) is 5.89 Å².